The van der Waals surface area contributed by atoms with Crippen molar-refractivity contribution in [2.24, 2.45) is 0 Å². The highest BCUT2D eigenvalue weighted by atomic mass is 16.5. The van der Waals surface area contributed by atoms with Crippen molar-refractivity contribution >= 4 is 5.69 Å². The van der Waals surface area contributed by atoms with E-state index < -0.39 is 0 Å². The maximum absolute atomic E-state index is 10.8. The summed E-state index contributed by atoms with van der Waals surface area (Å²) < 4.78 is 5.20. The third-order valence-corrected chi connectivity index (χ3v) is 4.38. The molecule has 0 atom stereocenters. The largest absolute Gasteiger partial charge is 0.507 e. The number of hydrogen-bond donors (Lipinski definition) is 2. The van der Waals surface area contributed by atoms with Crippen molar-refractivity contribution < 1.29 is 9.84 Å². The molecule has 2 aromatic carbocycles. The van der Waals surface area contributed by atoms with Gasteiger partial charge < -0.3 is 15.2 Å². The zero-order valence-electron chi connectivity index (χ0n) is 16.5. The number of ether oxygens (including phenoxy) is 1. The van der Waals surface area contributed by atoms with E-state index in [2.05, 4.69) is 71.1 Å². The van der Waals surface area contributed by atoms with Crippen LogP contribution in [-0.4, -0.2) is 12.2 Å². The van der Waals surface area contributed by atoms with Crippen molar-refractivity contribution in [1.82, 2.24) is 0 Å². The van der Waals surface area contributed by atoms with Crippen LogP contribution in [0.25, 0.3) is 0 Å². The second-order valence-corrected chi connectivity index (χ2v) is 8.62. The zero-order valence-corrected chi connectivity index (χ0v) is 16.5. The number of benzene rings is 2. The molecule has 0 saturated carbocycles. The molecule has 0 aliphatic rings. The predicted molar refractivity (Wildman–Crippen MR) is 106 cm³/mol. The minimum absolute atomic E-state index is 0.123. The van der Waals surface area contributed by atoms with E-state index in [1.54, 1.807) is 7.11 Å². The van der Waals surface area contributed by atoms with Gasteiger partial charge >= 0.3 is 0 Å². The summed E-state index contributed by atoms with van der Waals surface area (Å²) >= 11 is 0. The van der Waals surface area contributed by atoms with Crippen molar-refractivity contribution in [3.63, 3.8) is 0 Å². The van der Waals surface area contributed by atoms with Gasteiger partial charge in [-0.05, 0) is 40.7 Å². The average Bonchev–Trinajstić information content (AvgIpc) is 2.52. The van der Waals surface area contributed by atoms with Crippen LogP contribution in [0, 0.1) is 0 Å². The van der Waals surface area contributed by atoms with Crippen LogP contribution in [0.3, 0.4) is 0 Å². The first-order valence-electron chi connectivity index (χ1n) is 8.77. The molecule has 0 saturated heterocycles. The molecule has 0 unspecified atom stereocenters. The number of phenolic OH excluding ortho intramolecular Hbond substituents is 1. The average molecular weight is 341 g/mol. The van der Waals surface area contributed by atoms with E-state index >= 15 is 0 Å². The summed E-state index contributed by atoms with van der Waals surface area (Å²) in [6.07, 6.45) is 0. The molecule has 3 nitrogen and oxygen atoms in total. The van der Waals surface area contributed by atoms with Gasteiger partial charge in [0, 0.05) is 23.4 Å². The molecule has 0 heterocycles. The van der Waals surface area contributed by atoms with Crippen molar-refractivity contribution in [3.05, 3.63) is 53.1 Å². The van der Waals surface area contributed by atoms with E-state index in [0.717, 1.165) is 29.1 Å². The predicted octanol–water partition coefficient (Wildman–Crippen LogP) is 5.61. The van der Waals surface area contributed by atoms with Crippen LogP contribution >= 0.6 is 0 Å². The molecule has 0 bridgehead atoms. The molecule has 0 aliphatic heterocycles. The molecule has 0 spiro atoms. The third-order valence-electron chi connectivity index (χ3n) is 4.38. The Labute approximate surface area is 152 Å². The first kappa shape index (κ1) is 19.2. The van der Waals surface area contributed by atoms with Gasteiger partial charge in [0.2, 0.25) is 0 Å². The Balaban J connectivity index is 2.33. The minimum Gasteiger partial charge on any atom is -0.507 e. The molecule has 25 heavy (non-hydrogen) atoms. The summed E-state index contributed by atoms with van der Waals surface area (Å²) in [6, 6.07) is 12.2. The van der Waals surface area contributed by atoms with Gasteiger partial charge in [0.05, 0.1) is 7.11 Å². The van der Waals surface area contributed by atoms with E-state index in [1.807, 2.05) is 12.1 Å². The maximum Gasteiger partial charge on any atom is 0.123 e. The van der Waals surface area contributed by atoms with Crippen LogP contribution in [-0.2, 0) is 17.4 Å². The number of nitrogens with one attached hydrogen (secondary N) is 1. The normalized spacial score (nSPS) is 12.1. The van der Waals surface area contributed by atoms with E-state index in [-0.39, 0.29) is 10.8 Å². The summed E-state index contributed by atoms with van der Waals surface area (Å²) in [4.78, 5) is 0. The zero-order chi connectivity index (χ0) is 18.8. The fraction of sp³-hybridized carbons (Fsp3) is 0.455. The number of phenols is 1. The van der Waals surface area contributed by atoms with Crippen LogP contribution in [0.1, 0.15) is 58.2 Å². The van der Waals surface area contributed by atoms with Gasteiger partial charge in [-0.2, -0.15) is 0 Å². The Morgan fingerprint density at radius 1 is 0.880 bits per heavy atom. The van der Waals surface area contributed by atoms with E-state index in [9.17, 15) is 5.11 Å². The summed E-state index contributed by atoms with van der Waals surface area (Å²) in [5, 5.41) is 14.3. The highest BCUT2D eigenvalue weighted by Crippen LogP contribution is 2.41. The van der Waals surface area contributed by atoms with Crippen molar-refractivity contribution in [2.75, 3.05) is 12.4 Å². The van der Waals surface area contributed by atoms with Gasteiger partial charge in [0.15, 0.2) is 0 Å². The molecular weight excluding hydrogens is 310 g/mol. The number of hydrogen-bond acceptors (Lipinski definition) is 3. The van der Waals surface area contributed by atoms with Crippen LogP contribution in [0.5, 0.6) is 11.5 Å². The molecule has 0 aliphatic carbocycles. The second-order valence-electron chi connectivity index (χ2n) is 8.62. The monoisotopic (exact) mass is 341 g/mol. The summed E-state index contributed by atoms with van der Waals surface area (Å²) in [5.74, 6) is 1.27. The molecule has 2 aromatic rings. The second kappa shape index (κ2) is 6.99. The van der Waals surface area contributed by atoms with Gasteiger partial charge in [-0.3, -0.25) is 0 Å². The molecule has 2 N–H and O–H groups in total. The van der Waals surface area contributed by atoms with Gasteiger partial charge in [-0.15, -0.1) is 0 Å². The summed E-state index contributed by atoms with van der Waals surface area (Å²) in [6.45, 7) is 13.5. The standard InChI is InChI=1S/C22H31NO2/c1-21(2,3)18-12-16(13-19(20(18)24)22(4,5)6)23-14-15-8-10-17(25-7)11-9-15/h8-13,23-24H,14H2,1-7H3. The fourth-order valence-electron chi connectivity index (χ4n) is 2.83. The Bertz CT molecular complexity index is 684. The third kappa shape index (κ3) is 4.68. The van der Waals surface area contributed by atoms with Crippen LogP contribution in [0.2, 0.25) is 0 Å². The molecule has 0 fully saturated rings. The molecule has 136 valence electrons. The summed E-state index contributed by atoms with van der Waals surface area (Å²) in [7, 11) is 1.67. The number of anilines is 1. The van der Waals surface area contributed by atoms with Gasteiger partial charge in [-0.25, -0.2) is 0 Å². The molecule has 0 amide bonds. The lowest BCUT2D eigenvalue weighted by atomic mass is 9.79. The maximum atomic E-state index is 10.8. The van der Waals surface area contributed by atoms with Gasteiger partial charge in [-0.1, -0.05) is 53.7 Å². The minimum atomic E-state index is -0.123. The lowest BCUT2D eigenvalue weighted by molar-refractivity contribution is 0.414. The molecular formula is C22H31NO2. The van der Waals surface area contributed by atoms with Crippen LogP contribution in [0.15, 0.2) is 36.4 Å². The molecule has 3 heteroatoms. The Morgan fingerprint density at radius 3 is 1.76 bits per heavy atom. The molecule has 0 radical (unpaired) electrons. The smallest absolute Gasteiger partial charge is 0.123 e. The van der Waals surface area contributed by atoms with Crippen molar-refractivity contribution in [1.29, 1.82) is 0 Å². The van der Waals surface area contributed by atoms with E-state index in [1.165, 1.54) is 5.56 Å². The highest BCUT2D eigenvalue weighted by molar-refractivity contribution is 5.59. The Morgan fingerprint density at radius 2 is 1.36 bits per heavy atom. The Kier molecular flexibility index (Phi) is 5.36. The lowest BCUT2D eigenvalue weighted by Crippen LogP contribution is -2.18. The SMILES string of the molecule is COc1ccc(CNc2cc(C(C)(C)C)c(O)c(C(C)(C)C)c2)cc1. The Hall–Kier alpha value is -2.16. The number of rotatable bonds is 4. The topological polar surface area (TPSA) is 41.5 Å². The summed E-state index contributed by atoms with van der Waals surface area (Å²) in [5.41, 5.74) is 3.91. The fourth-order valence-corrected chi connectivity index (χ4v) is 2.83. The van der Waals surface area contributed by atoms with Crippen molar-refractivity contribution in [2.45, 2.75) is 58.9 Å². The van der Waals surface area contributed by atoms with Gasteiger partial charge in [0.25, 0.3) is 0 Å². The number of methoxy groups -OCH3 is 1. The van der Waals surface area contributed by atoms with Crippen molar-refractivity contribution in [3.8, 4) is 11.5 Å². The van der Waals surface area contributed by atoms with Gasteiger partial charge in [0.1, 0.15) is 11.5 Å². The highest BCUT2D eigenvalue weighted by Gasteiger charge is 2.26. The number of aromatic hydroxyl groups is 1. The van der Waals surface area contributed by atoms with E-state index in [0.29, 0.717) is 5.75 Å². The van der Waals surface area contributed by atoms with Crippen LogP contribution < -0.4 is 10.1 Å². The first-order chi connectivity index (χ1) is 11.5. The lowest BCUT2D eigenvalue weighted by Gasteiger charge is -2.28. The quantitative estimate of drug-likeness (QED) is 0.710. The molecule has 2 rings (SSSR count). The molecule has 0 aromatic heterocycles. The first-order valence-corrected chi connectivity index (χ1v) is 8.77. The van der Waals surface area contributed by atoms with Crippen LogP contribution in [0.4, 0.5) is 5.69 Å². The van der Waals surface area contributed by atoms with E-state index in [4.69, 9.17) is 4.74 Å².